The van der Waals surface area contributed by atoms with Gasteiger partial charge in [0.15, 0.2) is 18.2 Å². The molecule has 25 heavy (non-hydrogen) atoms. The highest BCUT2D eigenvalue weighted by Crippen LogP contribution is 2.21. The normalized spacial score (nSPS) is 11.3. The summed E-state index contributed by atoms with van der Waals surface area (Å²) >= 11 is 1.45. The Balaban J connectivity index is 2.05. The third kappa shape index (κ3) is 5.21. The third-order valence-electron chi connectivity index (χ3n) is 3.20. The number of nitrogens with zero attached hydrogens (tertiary/aromatic N) is 1. The summed E-state index contributed by atoms with van der Waals surface area (Å²) in [5, 5.41) is 5.02. The van der Waals surface area contributed by atoms with Crippen LogP contribution in [-0.2, 0) is 27.8 Å². The van der Waals surface area contributed by atoms with Gasteiger partial charge in [0.2, 0.25) is 10.0 Å². The zero-order chi connectivity index (χ0) is 18.4. The molecule has 2 N–H and O–H groups in total. The van der Waals surface area contributed by atoms with Crippen molar-refractivity contribution < 1.29 is 22.3 Å². The molecule has 0 spiro atoms. The Morgan fingerprint density at radius 1 is 1.40 bits per heavy atom. The van der Waals surface area contributed by atoms with Gasteiger partial charge < -0.3 is 10.1 Å². The summed E-state index contributed by atoms with van der Waals surface area (Å²) in [5.74, 6) is -1.49. The number of thiazole rings is 1. The van der Waals surface area contributed by atoms with E-state index in [9.17, 15) is 17.6 Å². The molecule has 1 amide bonds. The first-order chi connectivity index (χ1) is 11.9. The Bertz CT molecular complexity index is 852. The van der Waals surface area contributed by atoms with Crippen molar-refractivity contribution in [2.24, 2.45) is 0 Å². The van der Waals surface area contributed by atoms with Gasteiger partial charge >= 0.3 is 0 Å². The molecule has 2 aromatic rings. The molecule has 0 bridgehead atoms. The maximum Gasteiger partial charge on any atom is 0.257 e. The molecule has 0 aliphatic rings. The van der Waals surface area contributed by atoms with Crippen LogP contribution in [0.4, 0.5) is 4.39 Å². The molecule has 7 nitrogen and oxygen atoms in total. The predicted molar refractivity (Wildman–Crippen MR) is 91.5 cm³/mol. The number of sulfonamides is 1. The fraction of sp³-hybridized carbons (Fsp3) is 0.333. The van der Waals surface area contributed by atoms with E-state index in [0.29, 0.717) is 5.69 Å². The molecule has 0 atom stereocenters. The molecule has 0 saturated heterocycles. The first kappa shape index (κ1) is 19.3. The average Bonchev–Trinajstić information content (AvgIpc) is 3.06. The highest BCUT2D eigenvalue weighted by atomic mass is 32.2. The van der Waals surface area contributed by atoms with Crippen LogP contribution in [-0.4, -0.2) is 33.0 Å². The number of carbonyl (C=O) groups is 1. The van der Waals surface area contributed by atoms with Crippen LogP contribution < -0.4 is 14.8 Å². The Labute approximate surface area is 149 Å². The molecule has 0 aliphatic carbocycles. The number of likely N-dealkylation sites (N-methyl/N-ethyl adjacent to an activating group) is 1. The van der Waals surface area contributed by atoms with E-state index in [1.165, 1.54) is 30.5 Å². The van der Waals surface area contributed by atoms with Gasteiger partial charge in [0, 0.05) is 12.4 Å². The Morgan fingerprint density at radius 3 is 2.76 bits per heavy atom. The summed E-state index contributed by atoms with van der Waals surface area (Å²) in [6.45, 7) is 1.63. The molecule has 2 rings (SSSR count). The van der Waals surface area contributed by atoms with Gasteiger partial charge in [-0.1, -0.05) is 6.92 Å². The zero-order valence-electron chi connectivity index (χ0n) is 13.7. The Kier molecular flexibility index (Phi) is 6.45. The smallest absolute Gasteiger partial charge is 0.257 e. The number of aromatic nitrogens is 1. The first-order valence-corrected chi connectivity index (χ1v) is 9.78. The van der Waals surface area contributed by atoms with E-state index in [0.717, 1.165) is 17.5 Å². The van der Waals surface area contributed by atoms with Crippen LogP contribution >= 0.6 is 11.3 Å². The van der Waals surface area contributed by atoms with E-state index in [2.05, 4.69) is 15.0 Å². The molecule has 0 unspecified atom stereocenters. The zero-order valence-corrected chi connectivity index (χ0v) is 15.3. The van der Waals surface area contributed by atoms with Crippen molar-refractivity contribution in [2.75, 3.05) is 13.7 Å². The highest BCUT2D eigenvalue weighted by Gasteiger charge is 2.17. The number of hydrogen-bond donors (Lipinski definition) is 2. The topological polar surface area (TPSA) is 97.4 Å². The summed E-state index contributed by atoms with van der Waals surface area (Å²) in [5.41, 5.74) is 0.608. The van der Waals surface area contributed by atoms with Gasteiger partial charge in [-0.05, 0) is 24.6 Å². The number of carbonyl (C=O) groups excluding carboxylic acids is 1. The molecule has 10 heteroatoms. The van der Waals surface area contributed by atoms with Gasteiger partial charge in [0.1, 0.15) is 0 Å². The summed E-state index contributed by atoms with van der Waals surface area (Å²) in [6, 6.07) is 3.23. The maximum atomic E-state index is 14.0. The minimum absolute atomic E-state index is 0.0232. The van der Waals surface area contributed by atoms with E-state index < -0.39 is 21.7 Å². The SMILES string of the molecule is CCc1nc(CNS(=O)(=O)c2ccc(OCC(=O)NC)c(F)c2)cs1. The van der Waals surface area contributed by atoms with Crippen LogP contribution in [0.25, 0.3) is 0 Å². The number of amides is 1. The van der Waals surface area contributed by atoms with Crippen LogP contribution in [0.5, 0.6) is 5.75 Å². The van der Waals surface area contributed by atoms with Crippen molar-refractivity contribution in [1.29, 1.82) is 0 Å². The van der Waals surface area contributed by atoms with Crippen LogP contribution in [0.3, 0.4) is 0 Å². The number of ether oxygens (including phenoxy) is 1. The second kappa shape index (κ2) is 8.37. The number of benzene rings is 1. The number of halogens is 1. The number of nitrogens with one attached hydrogen (secondary N) is 2. The molecule has 0 radical (unpaired) electrons. The molecular formula is C15H18FN3O4S2. The van der Waals surface area contributed by atoms with Crippen molar-refractivity contribution in [3.8, 4) is 5.75 Å². The fourth-order valence-electron chi connectivity index (χ4n) is 1.83. The highest BCUT2D eigenvalue weighted by molar-refractivity contribution is 7.89. The Hall–Kier alpha value is -2.04. The van der Waals surface area contributed by atoms with Crippen molar-refractivity contribution in [1.82, 2.24) is 15.0 Å². The summed E-state index contributed by atoms with van der Waals surface area (Å²) in [7, 11) is -2.47. The molecular weight excluding hydrogens is 369 g/mol. The second-order valence-corrected chi connectivity index (χ2v) is 7.67. The predicted octanol–water partition coefficient (Wildman–Crippen LogP) is 1.45. The number of aryl methyl sites for hydroxylation is 1. The second-order valence-electron chi connectivity index (χ2n) is 4.96. The lowest BCUT2D eigenvalue weighted by atomic mass is 10.3. The fourth-order valence-corrected chi connectivity index (χ4v) is 3.58. The molecule has 0 aliphatic heterocycles. The lowest BCUT2D eigenvalue weighted by Gasteiger charge is -2.09. The van der Waals surface area contributed by atoms with Gasteiger partial charge in [0.25, 0.3) is 5.91 Å². The largest absolute Gasteiger partial charge is 0.481 e. The molecule has 0 saturated carbocycles. The summed E-state index contributed by atoms with van der Waals surface area (Å²) in [6.07, 6.45) is 0.778. The lowest BCUT2D eigenvalue weighted by molar-refractivity contribution is -0.122. The van der Waals surface area contributed by atoms with Gasteiger partial charge in [0.05, 0.1) is 22.1 Å². The third-order valence-corrected chi connectivity index (χ3v) is 5.64. The van der Waals surface area contributed by atoms with Crippen LogP contribution in [0.2, 0.25) is 0 Å². The van der Waals surface area contributed by atoms with Gasteiger partial charge in [-0.15, -0.1) is 11.3 Å². The number of rotatable bonds is 8. The summed E-state index contributed by atoms with van der Waals surface area (Å²) in [4.78, 5) is 15.1. The van der Waals surface area contributed by atoms with Gasteiger partial charge in [-0.2, -0.15) is 0 Å². The minimum atomic E-state index is -3.89. The van der Waals surface area contributed by atoms with Crippen LogP contribution in [0.1, 0.15) is 17.6 Å². The average molecular weight is 387 g/mol. The molecule has 0 fully saturated rings. The standard InChI is InChI=1S/C15H18FN3O4S2/c1-3-15-19-10(9-24-15)7-18-25(21,22)11-4-5-13(12(16)6-11)23-8-14(20)17-2/h4-6,9,18H,3,7-8H2,1-2H3,(H,17,20). The van der Waals surface area contributed by atoms with Gasteiger partial charge in [-0.25, -0.2) is 22.5 Å². The monoisotopic (exact) mass is 387 g/mol. The van der Waals surface area contributed by atoms with E-state index in [1.807, 2.05) is 6.92 Å². The maximum absolute atomic E-state index is 14.0. The molecule has 1 aromatic heterocycles. The van der Waals surface area contributed by atoms with Crippen LogP contribution in [0, 0.1) is 5.82 Å². The van der Waals surface area contributed by atoms with E-state index in [1.54, 1.807) is 5.38 Å². The molecule has 136 valence electrons. The van der Waals surface area contributed by atoms with Crippen molar-refractivity contribution >= 4 is 27.3 Å². The van der Waals surface area contributed by atoms with E-state index >= 15 is 0 Å². The first-order valence-electron chi connectivity index (χ1n) is 7.41. The van der Waals surface area contributed by atoms with E-state index in [4.69, 9.17) is 4.74 Å². The summed E-state index contributed by atoms with van der Waals surface area (Å²) < 4.78 is 45.9. The Morgan fingerprint density at radius 2 is 2.16 bits per heavy atom. The van der Waals surface area contributed by atoms with Gasteiger partial charge in [-0.3, -0.25) is 4.79 Å². The quantitative estimate of drug-likeness (QED) is 0.715. The van der Waals surface area contributed by atoms with Crippen LogP contribution in [0.15, 0.2) is 28.5 Å². The molecule has 1 heterocycles. The minimum Gasteiger partial charge on any atom is -0.481 e. The molecule has 1 aromatic carbocycles. The van der Waals surface area contributed by atoms with Crippen molar-refractivity contribution in [3.05, 3.63) is 40.1 Å². The van der Waals surface area contributed by atoms with Crippen molar-refractivity contribution in [2.45, 2.75) is 24.8 Å². The van der Waals surface area contributed by atoms with E-state index in [-0.39, 0.29) is 23.8 Å². The number of hydrogen-bond acceptors (Lipinski definition) is 6. The van der Waals surface area contributed by atoms with Crippen molar-refractivity contribution in [3.63, 3.8) is 0 Å². The lowest BCUT2D eigenvalue weighted by Crippen LogP contribution is -2.25.